The SMILES string of the molecule is COC(=O)CC(O)CNc1c(N)cccc1NC(=S)Nc1ccc(Cl)cc1Cl. The van der Waals surface area contributed by atoms with Crippen molar-refractivity contribution in [3.05, 3.63) is 46.4 Å². The first-order valence-electron chi connectivity index (χ1n) is 8.20. The van der Waals surface area contributed by atoms with Crippen molar-refractivity contribution in [1.82, 2.24) is 0 Å². The molecule has 2 aromatic carbocycles. The zero-order chi connectivity index (χ0) is 20.7. The highest BCUT2D eigenvalue weighted by Crippen LogP contribution is 2.29. The number of ether oxygens (including phenoxy) is 1. The number of nitrogens with two attached hydrogens (primary N) is 1. The van der Waals surface area contributed by atoms with E-state index < -0.39 is 12.1 Å². The zero-order valence-electron chi connectivity index (χ0n) is 15.0. The van der Waals surface area contributed by atoms with E-state index in [1.165, 1.54) is 7.11 Å². The van der Waals surface area contributed by atoms with E-state index in [0.29, 0.717) is 32.8 Å². The second-order valence-electron chi connectivity index (χ2n) is 5.79. The number of nitrogens with one attached hydrogen (secondary N) is 3. The number of aliphatic hydroxyl groups excluding tert-OH is 1. The molecular weight excluding hydrogens is 423 g/mol. The van der Waals surface area contributed by atoms with Crippen LogP contribution in [-0.4, -0.2) is 35.9 Å². The third-order valence-corrected chi connectivity index (χ3v) is 4.42. The second-order valence-corrected chi connectivity index (χ2v) is 7.04. The van der Waals surface area contributed by atoms with Crippen LogP contribution in [0.3, 0.4) is 0 Å². The molecule has 7 nitrogen and oxygen atoms in total. The van der Waals surface area contributed by atoms with Gasteiger partial charge >= 0.3 is 5.97 Å². The van der Waals surface area contributed by atoms with Crippen LogP contribution in [0.4, 0.5) is 22.7 Å². The Bertz CT molecular complexity index is 867. The van der Waals surface area contributed by atoms with Crippen LogP contribution < -0.4 is 21.7 Å². The summed E-state index contributed by atoms with van der Waals surface area (Å²) in [7, 11) is 1.26. The number of aliphatic hydroxyl groups is 1. The van der Waals surface area contributed by atoms with Crippen molar-refractivity contribution >= 4 is 69.3 Å². The number of hydrogen-bond acceptors (Lipinski definition) is 6. The highest BCUT2D eigenvalue weighted by Gasteiger charge is 2.14. The van der Waals surface area contributed by atoms with Crippen LogP contribution in [0.5, 0.6) is 0 Å². The second kappa shape index (κ2) is 10.3. The highest BCUT2D eigenvalue weighted by molar-refractivity contribution is 7.80. The molecule has 0 amide bonds. The van der Waals surface area contributed by atoms with Crippen LogP contribution in [-0.2, 0) is 9.53 Å². The normalized spacial score (nSPS) is 11.4. The van der Waals surface area contributed by atoms with Crippen LogP contribution in [0.25, 0.3) is 0 Å². The number of thiocarbonyl (C=S) groups is 1. The van der Waals surface area contributed by atoms with Gasteiger partial charge in [-0.1, -0.05) is 29.3 Å². The Morgan fingerprint density at radius 1 is 1.25 bits per heavy atom. The standard InChI is InChI=1S/C18H20Cl2N4O3S/c1-27-16(26)8-11(25)9-22-17-13(21)3-2-4-15(17)24-18(28)23-14-6-5-10(19)7-12(14)20/h2-7,11,22,25H,8-9,21H2,1H3,(H2,23,24,28). The van der Waals surface area contributed by atoms with E-state index in [2.05, 4.69) is 20.7 Å². The van der Waals surface area contributed by atoms with E-state index in [1.807, 2.05) is 0 Å². The molecular formula is C18H20Cl2N4O3S. The minimum atomic E-state index is -0.933. The zero-order valence-corrected chi connectivity index (χ0v) is 17.3. The number of esters is 1. The minimum absolute atomic E-state index is 0.0984. The van der Waals surface area contributed by atoms with Crippen molar-refractivity contribution < 1.29 is 14.6 Å². The van der Waals surface area contributed by atoms with Gasteiger partial charge in [0.25, 0.3) is 0 Å². The van der Waals surface area contributed by atoms with E-state index in [0.717, 1.165) is 0 Å². The van der Waals surface area contributed by atoms with E-state index in [9.17, 15) is 9.90 Å². The molecule has 1 atom stereocenters. The molecule has 0 aliphatic carbocycles. The quantitative estimate of drug-likeness (QED) is 0.250. The number of halogens is 2. The maximum Gasteiger partial charge on any atom is 0.308 e. The van der Waals surface area contributed by atoms with Gasteiger partial charge in [0.2, 0.25) is 0 Å². The lowest BCUT2D eigenvalue weighted by atomic mass is 10.2. The Morgan fingerprint density at radius 2 is 1.96 bits per heavy atom. The first-order chi connectivity index (χ1) is 13.3. The van der Waals surface area contributed by atoms with Gasteiger partial charge in [-0.05, 0) is 42.5 Å². The first kappa shape index (κ1) is 22.0. The number of carbonyl (C=O) groups is 1. The molecule has 1 unspecified atom stereocenters. The number of para-hydroxylation sites is 1. The molecule has 0 saturated carbocycles. The molecule has 0 aromatic heterocycles. The third kappa shape index (κ3) is 6.42. The average molecular weight is 443 g/mol. The largest absolute Gasteiger partial charge is 0.469 e. The maximum absolute atomic E-state index is 11.2. The molecule has 10 heteroatoms. The number of benzene rings is 2. The Kier molecular flexibility index (Phi) is 8.13. The fraction of sp³-hybridized carbons (Fsp3) is 0.222. The molecule has 0 bridgehead atoms. The number of rotatable bonds is 7. The molecule has 0 saturated heterocycles. The van der Waals surface area contributed by atoms with Gasteiger partial charge in [-0.2, -0.15) is 0 Å². The minimum Gasteiger partial charge on any atom is -0.469 e. The Balaban J connectivity index is 2.06. The molecule has 0 aliphatic rings. The van der Waals surface area contributed by atoms with E-state index in [4.69, 9.17) is 41.2 Å². The predicted molar refractivity (Wildman–Crippen MR) is 118 cm³/mol. The molecule has 0 aliphatic heterocycles. The van der Waals surface area contributed by atoms with Gasteiger partial charge in [-0.25, -0.2) is 0 Å². The summed E-state index contributed by atoms with van der Waals surface area (Å²) in [6, 6.07) is 10.2. The average Bonchev–Trinajstić information content (AvgIpc) is 2.63. The molecule has 0 fully saturated rings. The molecule has 0 heterocycles. The lowest BCUT2D eigenvalue weighted by molar-refractivity contribution is -0.142. The maximum atomic E-state index is 11.2. The molecule has 2 aromatic rings. The number of hydrogen-bond donors (Lipinski definition) is 5. The molecule has 150 valence electrons. The monoisotopic (exact) mass is 442 g/mol. The van der Waals surface area contributed by atoms with E-state index >= 15 is 0 Å². The summed E-state index contributed by atoms with van der Waals surface area (Å²) < 4.78 is 4.54. The molecule has 0 spiro atoms. The van der Waals surface area contributed by atoms with Crippen molar-refractivity contribution in [2.45, 2.75) is 12.5 Å². The number of nitrogen functional groups attached to an aromatic ring is 1. The van der Waals surface area contributed by atoms with Gasteiger partial charge in [-0.15, -0.1) is 0 Å². The van der Waals surface area contributed by atoms with Crippen molar-refractivity contribution in [3.8, 4) is 0 Å². The topological polar surface area (TPSA) is 109 Å². The highest BCUT2D eigenvalue weighted by atomic mass is 35.5. The van der Waals surface area contributed by atoms with Crippen molar-refractivity contribution in [3.63, 3.8) is 0 Å². The number of methoxy groups -OCH3 is 1. The summed E-state index contributed by atoms with van der Waals surface area (Å²) in [6.07, 6.45) is -1.06. The fourth-order valence-electron chi connectivity index (χ4n) is 2.31. The lowest BCUT2D eigenvalue weighted by Gasteiger charge is -2.19. The van der Waals surface area contributed by atoms with Crippen LogP contribution in [0.1, 0.15) is 6.42 Å². The van der Waals surface area contributed by atoms with Gasteiger partial charge in [0.15, 0.2) is 5.11 Å². The van der Waals surface area contributed by atoms with E-state index in [-0.39, 0.29) is 18.1 Å². The number of anilines is 4. The Morgan fingerprint density at radius 3 is 2.64 bits per heavy atom. The molecule has 0 radical (unpaired) electrons. The summed E-state index contributed by atoms with van der Waals surface area (Å²) in [5, 5.41) is 20.2. The smallest absolute Gasteiger partial charge is 0.308 e. The van der Waals surface area contributed by atoms with Gasteiger partial charge < -0.3 is 31.5 Å². The third-order valence-electron chi connectivity index (χ3n) is 3.67. The molecule has 2 rings (SSSR count). The van der Waals surface area contributed by atoms with Crippen LogP contribution in [0, 0.1) is 0 Å². The summed E-state index contributed by atoms with van der Waals surface area (Å²) in [4.78, 5) is 11.2. The van der Waals surface area contributed by atoms with Crippen molar-refractivity contribution in [1.29, 1.82) is 0 Å². The molecule has 6 N–H and O–H groups in total. The summed E-state index contributed by atoms with van der Waals surface area (Å²) in [5.74, 6) is -0.501. The first-order valence-corrected chi connectivity index (χ1v) is 9.37. The summed E-state index contributed by atoms with van der Waals surface area (Å²) >= 11 is 17.4. The van der Waals surface area contributed by atoms with Gasteiger partial charge in [-0.3, -0.25) is 4.79 Å². The Labute approximate surface area is 178 Å². The van der Waals surface area contributed by atoms with Crippen molar-refractivity contribution in [2.24, 2.45) is 0 Å². The van der Waals surface area contributed by atoms with Crippen molar-refractivity contribution in [2.75, 3.05) is 35.3 Å². The van der Waals surface area contributed by atoms with Crippen LogP contribution in [0.15, 0.2) is 36.4 Å². The van der Waals surface area contributed by atoms with Gasteiger partial charge in [0.1, 0.15) is 0 Å². The van der Waals surface area contributed by atoms with E-state index in [1.54, 1.807) is 36.4 Å². The lowest BCUT2D eigenvalue weighted by Crippen LogP contribution is -2.25. The fourth-order valence-corrected chi connectivity index (χ4v) is 2.98. The predicted octanol–water partition coefficient (Wildman–Crippen LogP) is 3.72. The van der Waals surface area contributed by atoms with Crippen LogP contribution in [0.2, 0.25) is 10.0 Å². The van der Waals surface area contributed by atoms with Gasteiger partial charge in [0.05, 0.1) is 47.4 Å². The number of carbonyl (C=O) groups excluding carboxylic acids is 1. The summed E-state index contributed by atoms with van der Waals surface area (Å²) in [6.45, 7) is 0.0984. The molecule has 28 heavy (non-hydrogen) atoms. The summed E-state index contributed by atoms with van der Waals surface area (Å²) in [5.41, 5.74) is 8.20. The van der Waals surface area contributed by atoms with Crippen LogP contribution >= 0.6 is 35.4 Å². The Hall–Kier alpha value is -2.26. The van der Waals surface area contributed by atoms with Gasteiger partial charge in [0, 0.05) is 11.6 Å².